The van der Waals surface area contributed by atoms with Crippen molar-refractivity contribution in [3.63, 3.8) is 0 Å². The van der Waals surface area contributed by atoms with Crippen molar-refractivity contribution >= 4 is 28.7 Å². The van der Waals surface area contributed by atoms with Crippen LogP contribution in [0.5, 0.6) is 0 Å². The van der Waals surface area contributed by atoms with E-state index in [9.17, 15) is 18.0 Å². The molecule has 0 saturated heterocycles. The van der Waals surface area contributed by atoms with Gasteiger partial charge in [0.15, 0.2) is 0 Å². The van der Waals surface area contributed by atoms with Gasteiger partial charge in [0.2, 0.25) is 0 Å². The Kier molecular flexibility index (Phi) is 4.54. The number of aromatic nitrogens is 1. The van der Waals surface area contributed by atoms with Gasteiger partial charge in [-0.1, -0.05) is 30.3 Å². The van der Waals surface area contributed by atoms with Gasteiger partial charge in [0.05, 0.1) is 17.5 Å². The number of anilines is 1. The number of halogens is 3. The third kappa shape index (κ3) is 3.58. The summed E-state index contributed by atoms with van der Waals surface area (Å²) in [5.41, 5.74) is 6.74. The van der Waals surface area contributed by atoms with E-state index in [-0.39, 0.29) is 18.9 Å². The molecule has 0 saturated carbocycles. The van der Waals surface area contributed by atoms with E-state index in [0.29, 0.717) is 16.8 Å². The van der Waals surface area contributed by atoms with Crippen molar-refractivity contribution in [1.82, 2.24) is 10.4 Å². The fraction of sp³-hybridized carbons (Fsp3) is 0.200. The Hall–Kier alpha value is -3.29. The molecule has 1 aliphatic heterocycles. The van der Waals surface area contributed by atoms with E-state index >= 15 is 0 Å². The van der Waals surface area contributed by atoms with Crippen molar-refractivity contribution < 1.29 is 18.0 Å². The van der Waals surface area contributed by atoms with E-state index in [1.54, 1.807) is 18.3 Å². The minimum absolute atomic E-state index is 0.0442. The molecule has 2 aromatic carbocycles. The summed E-state index contributed by atoms with van der Waals surface area (Å²) in [7, 11) is 0. The van der Waals surface area contributed by atoms with Crippen LogP contribution in [0, 0.1) is 0 Å². The Labute approximate surface area is 158 Å². The summed E-state index contributed by atoms with van der Waals surface area (Å²) in [5, 5.41) is 7.70. The number of hydrogen-bond acceptors (Lipinski definition) is 3. The summed E-state index contributed by atoms with van der Waals surface area (Å²) < 4.78 is 37.0. The Bertz CT molecular complexity index is 1050. The molecule has 144 valence electrons. The summed E-state index contributed by atoms with van der Waals surface area (Å²) in [4.78, 5) is 15.8. The molecule has 28 heavy (non-hydrogen) atoms. The van der Waals surface area contributed by atoms with Gasteiger partial charge in [0.1, 0.15) is 0 Å². The van der Waals surface area contributed by atoms with Gasteiger partial charge in [-0.3, -0.25) is 4.79 Å². The average molecular weight is 386 g/mol. The molecule has 4 rings (SSSR count). The molecular weight excluding hydrogens is 369 g/mol. The van der Waals surface area contributed by atoms with Crippen LogP contribution < -0.4 is 10.7 Å². The number of aromatic amines is 1. The summed E-state index contributed by atoms with van der Waals surface area (Å²) in [6.07, 6.45) is -3.47. The number of carbonyl (C=O) groups is 1. The number of rotatable bonds is 5. The highest BCUT2D eigenvalue weighted by Crippen LogP contribution is 2.34. The highest BCUT2D eigenvalue weighted by atomic mass is 19.4. The molecule has 0 radical (unpaired) electrons. The van der Waals surface area contributed by atoms with Gasteiger partial charge in [-0.15, -0.1) is 0 Å². The minimum Gasteiger partial charge on any atom is -0.385 e. The van der Waals surface area contributed by atoms with Crippen molar-refractivity contribution in [2.45, 2.75) is 19.0 Å². The lowest BCUT2D eigenvalue weighted by molar-refractivity contribution is -0.134. The molecule has 5 nitrogen and oxygen atoms in total. The molecule has 1 aliphatic rings. The van der Waals surface area contributed by atoms with E-state index in [2.05, 4.69) is 20.8 Å². The van der Waals surface area contributed by atoms with E-state index in [1.807, 2.05) is 30.3 Å². The molecule has 0 unspecified atom stereocenters. The second-order valence-electron chi connectivity index (χ2n) is 6.57. The number of nitrogens with one attached hydrogen (secondary N) is 3. The third-order valence-electron chi connectivity index (χ3n) is 4.57. The number of H-pyrrole nitrogens is 1. The van der Waals surface area contributed by atoms with Crippen molar-refractivity contribution in [3.05, 3.63) is 53.6 Å². The van der Waals surface area contributed by atoms with Crippen LogP contribution in [0.25, 0.3) is 22.2 Å². The quantitative estimate of drug-likeness (QED) is 0.558. The Morgan fingerprint density at radius 3 is 2.64 bits per heavy atom. The maximum Gasteiger partial charge on any atom is 0.389 e. The topological polar surface area (TPSA) is 69.3 Å². The number of nitrogens with zero attached hydrogens (tertiary/aromatic N) is 1. The molecule has 2 heterocycles. The summed E-state index contributed by atoms with van der Waals surface area (Å²) in [6, 6.07) is 13.1. The van der Waals surface area contributed by atoms with Crippen molar-refractivity contribution in [3.8, 4) is 11.3 Å². The first-order valence-electron chi connectivity index (χ1n) is 8.81. The third-order valence-corrected chi connectivity index (χ3v) is 4.57. The Balaban J connectivity index is 1.72. The van der Waals surface area contributed by atoms with Crippen LogP contribution in [-0.2, 0) is 0 Å². The van der Waals surface area contributed by atoms with Crippen LogP contribution in [0.4, 0.5) is 18.9 Å². The van der Waals surface area contributed by atoms with E-state index in [1.165, 1.54) is 0 Å². The molecule has 0 fully saturated rings. The maximum atomic E-state index is 12.4. The zero-order chi connectivity index (χ0) is 19.7. The van der Waals surface area contributed by atoms with Gasteiger partial charge >= 0.3 is 6.18 Å². The first-order chi connectivity index (χ1) is 13.4. The highest BCUT2D eigenvalue weighted by Gasteiger charge is 2.26. The number of carbonyl (C=O) groups excluding carboxylic acids is 1. The lowest BCUT2D eigenvalue weighted by Crippen LogP contribution is -2.17. The zero-order valence-corrected chi connectivity index (χ0v) is 14.7. The minimum atomic E-state index is -4.17. The molecule has 1 aromatic heterocycles. The van der Waals surface area contributed by atoms with E-state index in [4.69, 9.17) is 0 Å². The van der Waals surface area contributed by atoms with Gasteiger partial charge in [-0.05, 0) is 24.1 Å². The first-order valence-corrected chi connectivity index (χ1v) is 8.81. The summed E-state index contributed by atoms with van der Waals surface area (Å²) in [6.45, 7) is 0.154. The second-order valence-corrected chi connectivity index (χ2v) is 6.57. The molecule has 0 aliphatic carbocycles. The lowest BCUT2D eigenvalue weighted by atomic mass is 10.0. The molecule has 3 N–H and O–H groups in total. The molecule has 0 spiro atoms. The second kappa shape index (κ2) is 7.03. The number of hydrogen-bond donors (Lipinski definition) is 3. The molecule has 1 amide bonds. The number of hydrazone groups is 1. The first kappa shape index (κ1) is 18.1. The summed E-state index contributed by atoms with van der Waals surface area (Å²) >= 11 is 0. The van der Waals surface area contributed by atoms with Gasteiger partial charge in [-0.25, -0.2) is 5.43 Å². The molecule has 8 heteroatoms. The van der Waals surface area contributed by atoms with Crippen LogP contribution >= 0.6 is 0 Å². The van der Waals surface area contributed by atoms with Crippen molar-refractivity contribution in [2.24, 2.45) is 5.10 Å². The number of alkyl halides is 3. The van der Waals surface area contributed by atoms with Crippen LogP contribution in [0.1, 0.15) is 28.8 Å². The Morgan fingerprint density at radius 2 is 1.89 bits per heavy atom. The molecule has 0 atom stereocenters. The molecule has 0 bridgehead atoms. The highest BCUT2D eigenvalue weighted by molar-refractivity contribution is 6.17. The molecular formula is C20H17F3N4O. The molecule has 3 aromatic rings. The predicted molar refractivity (Wildman–Crippen MR) is 103 cm³/mol. The van der Waals surface area contributed by atoms with Crippen molar-refractivity contribution in [1.29, 1.82) is 0 Å². The van der Waals surface area contributed by atoms with Crippen LogP contribution in [0.3, 0.4) is 0 Å². The zero-order valence-electron chi connectivity index (χ0n) is 14.7. The Morgan fingerprint density at radius 1 is 1.11 bits per heavy atom. The SMILES string of the molecule is O=C1NN=Cc2c(-c3ccccc3)[nH]c3cc(NCCCC(F)(F)F)cc1c23. The normalized spacial score (nSPS) is 13.5. The lowest BCUT2D eigenvalue weighted by Gasteiger charge is -2.10. The maximum absolute atomic E-state index is 12.4. The monoisotopic (exact) mass is 386 g/mol. The van der Waals surface area contributed by atoms with E-state index in [0.717, 1.165) is 22.2 Å². The smallest absolute Gasteiger partial charge is 0.385 e. The van der Waals surface area contributed by atoms with Crippen LogP contribution in [-0.4, -0.2) is 29.8 Å². The largest absolute Gasteiger partial charge is 0.389 e. The summed E-state index contributed by atoms with van der Waals surface area (Å²) in [5.74, 6) is -0.363. The number of benzene rings is 2. The fourth-order valence-electron chi connectivity index (χ4n) is 3.34. The van der Waals surface area contributed by atoms with E-state index < -0.39 is 12.6 Å². The van der Waals surface area contributed by atoms with Crippen LogP contribution in [0.15, 0.2) is 47.6 Å². The van der Waals surface area contributed by atoms with Gasteiger partial charge in [0.25, 0.3) is 5.91 Å². The average Bonchev–Trinajstić information content (AvgIpc) is 2.94. The van der Waals surface area contributed by atoms with Gasteiger partial charge in [-0.2, -0.15) is 18.3 Å². The predicted octanol–water partition coefficient (Wildman–Crippen LogP) is 4.67. The van der Waals surface area contributed by atoms with Crippen molar-refractivity contribution in [2.75, 3.05) is 11.9 Å². The standard InChI is InChI=1S/C20H17F3N4O/c21-20(22,23)7-4-8-24-13-9-14-17-15(11-25-27-19(14)28)18(26-16(17)10-13)12-5-2-1-3-6-12/h1-3,5-6,9-11,24,26H,4,7-8H2,(H,27,28). The number of amides is 1. The van der Waals surface area contributed by atoms with Crippen LogP contribution in [0.2, 0.25) is 0 Å². The fourth-order valence-corrected chi connectivity index (χ4v) is 3.34. The van der Waals surface area contributed by atoms with Gasteiger partial charge in [0, 0.05) is 35.1 Å². The van der Waals surface area contributed by atoms with Gasteiger partial charge < -0.3 is 10.3 Å².